The average molecular weight is 210 g/mol. The van der Waals surface area contributed by atoms with Crippen molar-refractivity contribution in [2.75, 3.05) is 6.61 Å². The van der Waals surface area contributed by atoms with Crippen molar-refractivity contribution in [1.29, 1.82) is 0 Å². The van der Waals surface area contributed by atoms with Crippen LogP contribution in [0.1, 0.15) is 0 Å². The number of carbonyl (C=O) groups excluding carboxylic acids is 1. The van der Waals surface area contributed by atoms with E-state index in [1.807, 2.05) is 0 Å². The van der Waals surface area contributed by atoms with Crippen LogP contribution in [0.3, 0.4) is 0 Å². The van der Waals surface area contributed by atoms with E-state index < -0.39 is 0 Å². The zero-order valence-corrected chi connectivity index (χ0v) is 8.12. The molecule has 14 heavy (non-hydrogen) atoms. The molecule has 0 heterocycles. The van der Waals surface area contributed by atoms with Gasteiger partial charge in [0.2, 0.25) is 6.08 Å². The number of benzene rings is 1. The number of nitrogens with zero attached hydrogens (tertiary/aromatic N) is 1. The molecule has 0 fully saturated rings. The maximum absolute atomic E-state index is 10.0. The Hall–Kier alpha value is -1.57. The molecule has 0 saturated carbocycles. The van der Waals surface area contributed by atoms with Crippen LogP contribution in [0, 0.1) is 0 Å². The summed E-state index contributed by atoms with van der Waals surface area (Å²) in [4.78, 5) is 13.4. The minimum absolute atomic E-state index is 0.355. The van der Waals surface area contributed by atoms with Gasteiger partial charge in [-0.15, -0.1) is 0 Å². The molecule has 0 spiro atoms. The van der Waals surface area contributed by atoms with E-state index in [4.69, 9.17) is 16.3 Å². The molecule has 0 radical (unpaired) electrons. The second kappa shape index (κ2) is 5.22. The first kappa shape index (κ1) is 10.5. The summed E-state index contributed by atoms with van der Waals surface area (Å²) >= 11 is 5.83. The normalized spacial score (nSPS) is 8.93. The van der Waals surface area contributed by atoms with Crippen molar-refractivity contribution < 1.29 is 9.53 Å². The molecule has 0 N–H and O–H groups in total. The molecule has 0 atom stereocenters. The number of ether oxygens (including phenoxy) is 1. The second-order valence-electron chi connectivity index (χ2n) is 2.42. The van der Waals surface area contributed by atoms with Gasteiger partial charge < -0.3 is 4.74 Å². The quantitative estimate of drug-likeness (QED) is 0.435. The van der Waals surface area contributed by atoms with Gasteiger partial charge in [-0.2, -0.15) is 4.99 Å². The maximum atomic E-state index is 10.0. The zero-order chi connectivity index (χ0) is 10.4. The van der Waals surface area contributed by atoms with Gasteiger partial charge in [-0.05, 0) is 12.1 Å². The third-order valence-corrected chi connectivity index (χ3v) is 1.76. The third kappa shape index (κ3) is 2.73. The predicted molar refractivity (Wildman–Crippen MR) is 54.9 cm³/mol. The summed E-state index contributed by atoms with van der Waals surface area (Å²) in [5.74, 6) is 0.475. The zero-order valence-electron chi connectivity index (χ0n) is 7.37. The van der Waals surface area contributed by atoms with Gasteiger partial charge in [0.05, 0.1) is 10.7 Å². The third-order valence-electron chi connectivity index (χ3n) is 1.45. The summed E-state index contributed by atoms with van der Waals surface area (Å²) in [6, 6.07) is 4.78. The molecular formula is C10H8ClNO2. The van der Waals surface area contributed by atoms with E-state index in [0.29, 0.717) is 23.1 Å². The molecule has 0 amide bonds. The van der Waals surface area contributed by atoms with E-state index in [1.165, 1.54) is 6.08 Å². The number of halogens is 1. The molecule has 1 rings (SSSR count). The highest BCUT2D eigenvalue weighted by Crippen LogP contribution is 2.28. The van der Waals surface area contributed by atoms with E-state index >= 15 is 0 Å². The number of aliphatic imine (C=N–C) groups is 1. The number of hydrogen-bond donors (Lipinski definition) is 0. The van der Waals surface area contributed by atoms with Crippen LogP contribution >= 0.6 is 11.6 Å². The van der Waals surface area contributed by atoms with Crippen LogP contribution in [-0.2, 0) is 4.79 Å². The second-order valence-corrected chi connectivity index (χ2v) is 2.82. The van der Waals surface area contributed by atoms with E-state index in [2.05, 4.69) is 11.6 Å². The van der Waals surface area contributed by atoms with Crippen molar-refractivity contribution in [2.24, 2.45) is 4.99 Å². The van der Waals surface area contributed by atoms with Crippen molar-refractivity contribution in [1.82, 2.24) is 0 Å². The van der Waals surface area contributed by atoms with Crippen LogP contribution < -0.4 is 4.74 Å². The van der Waals surface area contributed by atoms with Crippen molar-refractivity contribution in [2.45, 2.75) is 0 Å². The van der Waals surface area contributed by atoms with Gasteiger partial charge in [-0.3, -0.25) is 0 Å². The van der Waals surface area contributed by atoms with Gasteiger partial charge in [0.15, 0.2) is 0 Å². The highest BCUT2D eigenvalue weighted by molar-refractivity contribution is 6.32. The maximum Gasteiger partial charge on any atom is 0.240 e. The predicted octanol–water partition coefficient (Wildman–Crippen LogP) is 2.87. The number of isocyanates is 1. The Bertz CT molecular complexity index is 384. The van der Waals surface area contributed by atoms with Crippen molar-refractivity contribution >= 4 is 23.4 Å². The standard InChI is InChI=1S/C10H8ClNO2/c1-2-5-14-10-6-8(12-7-13)3-4-9(10)11/h2-4,6H,1,5H2. The highest BCUT2D eigenvalue weighted by atomic mass is 35.5. The van der Waals surface area contributed by atoms with Crippen LogP contribution in [0.4, 0.5) is 5.69 Å². The average Bonchev–Trinajstić information content (AvgIpc) is 2.19. The molecule has 0 bridgehead atoms. The first-order valence-corrected chi connectivity index (χ1v) is 4.27. The lowest BCUT2D eigenvalue weighted by molar-refractivity contribution is 0.363. The van der Waals surface area contributed by atoms with Gasteiger partial charge in [-0.25, -0.2) is 4.79 Å². The Kier molecular flexibility index (Phi) is 3.92. The Morgan fingerprint density at radius 3 is 3.07 bits per heavy atom. The van der Waals surface area contributed by atoms with E-state index in [9.17, 15) is 4.79 Å². The fourth-order valence-electron chi connectivity index (χ4n) is 0.874. The fourth-order valence-corrected chi connectivity index (χ4v) is 1.05. The first-order chi connectivity index (χ1) is 6.77. The topological polar surface area (TPSA) is 38.7 Å². The lowest BCUT2D eigenvalue weighted by atomic mass is 10.3. The molecule has 0 aliphatic carbocycles. The Morgan fingerprint density at radius 1 is 1.64 bits per heavy atom. The van der Waals surface area contributed by atoms with Crippen LogP contribution in [0.2, 0.25) is 5.02 Å². The number of rotatable bonds is 4. The molecule has 0 aliphatic heterocycles. The van der Waals surface area contributed by atoms with Gasteiger partial charge >= 0.3 is 0 Å². The summed E-state index contributed by atoms with van der Waals surface area (Å²) in [6.07, 6.45) is 3.05. The lowest BCUT2D eigenvalue weighted by Gasteiger charge is -2.05. The summed E-state index contributed by atoms with van der Waals surface area (Å²) in [5, 5.41) is 0.469. The van der Waals surface area contributed by atoms with Gasteiger partial charge in [0, 0.05) is 6.07 Å². The summed E-state index contributed by atoms with van der Waals surface area (Å²) in [7, 11) is 0. The van der Waals surface area contributed by atoms with Gasteiger partial charge in [0.25, 0.3) is 0 Å². The summed E-state index contributed by atoms with van der Waals surface area (Å²) < 4.78 is 5.23. The van der Waals surface area contributed by atoms with Crippen LogP contribution in [-0.4, -0.2) is 12.7 Å². The Labute approximate surface area is 86.7 Å². The van der Waals surface area contributed by atoms with Crippen molar-refractivity contribution in [3.63, 3.8) is 0 Å². The van der Waals surface area contributed by atoms with Gasteiger partial charge in [-0.1, -0.05) is 24.3 Å². The van der Waals surface area contributed by atoms with Crippen LogP contribution in [0.5, 0.6) is 5.75 Å². The largest absolute Gasteiger partial charge is 0.488 e. The molecule has 4 heteroatoms. The highest BCUT2D eigenvalue weighted by Gasteiger charge is 2.01. The number of hydrogen-bond acceptors (Lipinski definition) is 3. The molecule has 1 aromatic rings. The SMILES string of the molecule is C=CCOc1cc(N=C=O)ccc1Cl. The first-order valence-electron chi connectivity index (χ1n) is 3.89. The smallest absolute Gasteiger partial charge is 0.240 e. The molecule has 0 unspecified atom stereocenters. The summed E-state index contributed by atoms with van der Waals surface area (Å²) in [6.45, 7) is 3.87. The van der Waals surface area contributed by atoms with Crippen LogP contribution in [0.15, 0.2) is 35.8 Å². The molecule has 0 aromatic heterocycles. The molecule has 72 valence electrons. The molecule has 0 saturated heterocycles. The van der Waals surface area contributed by atoms with E-state index in [0.717, 1.165) is 0 Å². The minimum atomic E-state index is 0.355. The Morgan fingerprint density at radius 2 is 2.43 bits per heavy atom. The molecule has 3 nitrogen and oxygen atoms in total. The van der Waals surface area contributed by atoms with Crippen molar-refractivity contribution in [3.8, 4) is 5.75 Å². The Balaban J connectivity index is 2.95. The molecule has 1 aromatic carbocycles. The molecular weight excluding hydrogens is 202 g/mol. The minimum Gasteiger partial charge on any atom is -0.488 e. The van der Waals surface area contributed by atoms with Crippen molar-refractivity contribution in [3.05, 3.63) is 35.9 Å². The molecule has 0 aliphatic rings. The van der Waals surface area contributed by atoms with Crippen LogP contribution in [0.25, 0.3) is 0 Å². The monoisotopic (exact) mass is 209 g/mol. The fraction of sp³-hybridized carbons (Fsp3) is 0.100. The lowest BCUT2D eigenvalue weighted by Crippen LogP contribution is -1.92. The summed E-state index contributed by atoms with van der Waals surface area (Å²) in [5.41, 5.74) is 0.462. The van der Waals surface area contributed by atoms with Gasteiger partial charge in [0.1, 0.15) is 12.4 Å². The van der Waals surface area contributed by atoms with E-state index in [1.54, 1.807) is 24.3 Å². The van der Waals surface area contributed by atoms with E-state index in [-0.39, 0.29) is 0 Å².